The summed E-state index contributed by atoms with van der Waals surface area (Å²) in [5, 5.41) is 4.28. The van der Waals surface area contributed by atoms with Gasteiger partial charge in [-0.15, -0.1) is 0 Å². The van der Waals surface area contributed by atoms with Crippen molar-refractivity contribution in [1.29, 1.82) is 0 Å². The molecule has 0 spiro atoms. The Kier molecular flexibility index (Phi) is 3.11. The van der Waals surface area contributed by atoms with Gasteiger partial charge in [0.2, 0.25) is 0 Å². The molecule has 0 radical (unpaired) electrons. The van der Waals surface area contributed by atoms with Crippen LogP contribution in [0.4, 0.5) is 4.39 Å². The number of rotatable bonds is 2. The van der Waals surface area contributed by atoms with E-state index in [4.69, 9.17) is 0 Å². The predicted molar refractivity (Wildman–Crippen MR) is 85.4 cm³/mol. The van der Waals surface area contributed by atoms with Crippen molar-refractivity contribution in [2.45, 2.75) is 6.92 Å². The number of halogens is 1. The second-order valence-electron chi connectivity index (χ2n) is 4.87. The van der Waals surface area contributed by atoms with E-state index in [1.165, 1.54) is 11.6 Å². The minimum Gasteiger partial charge on any atom is -0.207 e. The fraction of sp³-hybridized carbons (Fsp3) is 0.0526. The van der Waals surface area contributed by atoms with Crippen molar-refractivity contribution < 1.29 is 4.39 Å². The summed E-state index contributed by atoms with van der Waals surface area (Å²) in [6.07, 6.45) is 5.76. The first-order valence-electron chi connectivity index (χ1n) is 6.62. The highest BCUT2D eigenvalue weighted by atomic mass is 19.1. The fourth-order valence-electron chi connectivity index (χ4n) is 2.75. The van der Waals surface area contributed by atoms with E-state index in [0.29, 0.717) is 0 Å². The second kappa shape index (κ2) is 4.93. The van der Waals surface area contributed by atoms with E-state index in [0.717, 1.165) is 27.1 Å². The first kappa shape index (κ1) is 12.6. The van der Waals surface area contributed by atoms with Gasteiger partial charge in [0.05, 0.1) is 0 Å². The maximum absolute atomic E-state index is 13.6. The van der Waals surface area contributed by atoms with Crippen LogP contribution >= 0.6 is 0 Å². The molecule has 0 aliphatic rings. The molecule has 0 saturated heterocycles. The third kappa shape index (κ3) is 1.92. The van der Waals surface area contributed by atoms with Crippen molar-refractivity contribution in [3.05, 3.63) is 78.1 Å². The molecule has 0 aliphatic carbocycles. The Morgan fingerprint density at radius 3 is 2.45 bits per heavy atom. The third-order valence-corrected chi connectivity index (χ3v) is 3.70. The summed E-state index contributed by atoms with van der Waals surface area (Å²) in [4.78, 5) is 0. The minimum absolute atomic E-state index is 0.198. The van der Waals surface area contributed by atoms with Crippen LogP contribution < -0.4 is 0 Å². The highest BCUT2D eigenvalue weighted by molar-refractivity contribution is 6.12. The van der Waals surface area contributed by atoms with Gasteiger partial charge in [-0.2, -0.15) is 0 Å². The highest BCUT2D eigenvalue weighted by Gasteiger charge is 2.09. The lowest BCUT2D eigenvalue weighted by molar-refractivity contribution is 0.630. The summed E-state index contributed by atoms with van der Waals surface area (Å²) < 4.78 is 13.6. The first-order chi connectivity index (χ1) is 9.72. The summed E-state index contributed by atoms with van der Waals surface area (Å²) in [6.45, 7) is 5.80. The number of aryl methyl sites for hydroxylation is 1. The molecule has 0 atom stereocenters. The Hall–Kier alpha value is -2.41. The summed E-state index contributed by atoms with van der Waals surface area (Å²) >= 11 is 0. The number of benzene rings is 3. The van der Waals surface area contributed by atoms with Gasteiger partial charge >= 0.3 is 0 Å². The number of hydrogen-bond donors (Lipinski definition) is 0. The Labute approximate surface area is 117 Å². The van der Waals surface area contributed by atoms with Gasteiger partial charge in [0, 0.05) is 0 Å². The molecule has 3 rings (SSSR count). The predicted octanol–water partition coefficient (Wildman–Crippen LogP) is 5.64. The fourth-order valence-corrected chi connectivity index (χ4v) is 2.75. The minimum atomic E-state index is -0.198. The Morgan fingerprint density at radius 1 is 0.950 bits per heavy atom. The van der Waals surface area contributed by atoms with Gasteiger partial charge in [-0.3, -0.25) is 0 Å². The van der Waals surface area contributed by atoms with Gasteiger partial charge < -0.3 is 0 Å². The molecule has 3 aromatic carbocycles. The molecule has 0 fully saturated rings. The third-order valence-electron chi connectivity index (χ3n) is 3.70. The lowest BCUT2D eigenvalue weighted by Gasteiger charge is -2.12. The second-order valence-corrected chi connectivity index (χ2v) is 4.87. The summed E-state index contributed by atoms with van der Waals surface area (Å²) in [6, 6.07) is 13.1. The number of fused-ring (bicyclic) bond motifs is 3. The smallest absolute Gasteiger partial charge is 0.123 e. The Bertz CT molecular complexity index is 841. The summed E-state index contributed by atoms with van der Waals surface area (Å²) in [5.41, 5.74) is 2.33. The van der Waals surface area contributed by atoms with Crippen LogP contribution in [0.15, 0.2) is 61.2 Å². The quantitative estimate of drug-likeness (QED) is 0.414. The van der Waals surface area contributed by atoms with Crippen molar-refractivity contribution in [3.63, 3.8) is 0 Å². The van der Waals surface area contributed by atoms with Crippen LogP contribution in [-0.4, -0.2) is 0 Å². The molecular weight excluding hydrogens is 247 g/mol. The SMILES string of the molecule is C=C/C=C\c1c(C)c2ccc(F)cc2c2ccccc12. The average Bonchev–Trinajstić information content (AvgIpc) is 2.47. The molecule has 0 N–H and O–H groups in total. The number of hydrogen-bond acceptors (Lipinski definition) is 0. The van der Waals surface area contributed by atoms with Crippen molar-refractivity contribution >= 4 is 27.6 Å². The molecule has 0 saturated carbocycles. The van der Waals surface area contributed by atoms with Crippen molar-refractivity contribution in [2.75, 3.05) is 0 Å². The van der Waals surface area contributed by atoms with Gasteiger partial charge in [-0.1, -0.05) is 55.1 Å². The molecule has 0 amide bonds. The van der Waals surface area contributed by atoms with E-state index in [9.17, 15) is 4.39 Å². The topological polar surface area (TPSA) is 0 Å². The van der Waals surface area contributed by atoms with Gasteiger partial charge in [-0.25, -0.2) is 4.39 Å². The maximum atomic E-state index is 13.6. The normalized spacial score (nSPS) is 11.5. The summed E-state index contributed by atoms with van der Waals surface area (Å²) in [7, 11) is 0. The molecule has 98 valence electrons. The van der Waals surface area contributed by atoms with Crippen molar-refractivity contribution in [1.82, 2.24) is 0 Å². The molecule has 20 heavy (non-hydrogen) atoms. The van der Waals surface area contributed by atoms with Crippen molar-refractivity contribution in [2.24, 2.45) is 0 Å². The average molecular weight is 262 g/mol. The molecule has 0 aromatic heterocycles. The largest absolute Gasteiger partial charge is 0.207 e. The van der Waals surface area contributed by atoms with Crippen LogP contribution in [0, 0.1) is 12.7 Å². The van der Waals surface area contributed by atoms with Crippen molar-refractivity contribution in [3.8, 4) is 0 Å². The zero-order valence-corrected chi connectivity index (χ0v) is 11.4. The maximum Gasteiger partial charge on any atom is 0.123 e. The van der Waals surface area contributed by atoms with Crippen LogP contribution in [0.5, 0.6) is 0 Å². The standard InChI is InChI=1S/C19H15F/c1-3-4-7-15-13(2)16-11-10-14(20)12-19(16)18-9-6-5-8-17(15)18/h3-12H,1H2,2H3/b7-4-. The molecule has 0 heterocycles. The summed E-state index contributed by atoms with van der Waals surface area (Å²) in [5.74, 6) is -0.198. The zero-order valence-electron chi connectivity index (χ0n) is 11.4. The van der Waals surface area contributed by atoms with Crippen LogP contribution in [0.3, 0.4) is 0 Å². The van der Waals surface area contributed by atoms with Gasteiger partial charge in [0.1, 0.15) is 5.82 Å². The molecule has 0 bridgehead atoms. The van der Waals surface area contributed by atoms with E-state index in [-0.39, 0.29) is 5.82 Å². The van der Waals surface area contributed by atoms with Crippen LogP contribution in [0.1, 0.15) is 11.1 Å². The molecule has 0 unspecified atom stereocenters. The lowest BCUT2D eigenvalue weighted by atomic mass is 9.92. The molecular formula is C19H15F. The van der Waals surface area contributed by atoms with E-state index < -0.39 is 0 Å². The zero-order chi connectivity index (χ0) is 14.1. The molecule has 3 aromatic rings. The molecule has 0 nitrogen and oxygen atoms in total. The first-order valence-corrected chi connectivity index (χ1v) is 6.62. The Balaban J connectivity index is 2.54. The van der Waals surface area contributed by atoms with E-state index in [1.54, 1.807) is 12.1 Å². The van der Waals surface area contributed by atoms with Crippen LogP contribution in [-0.2, 0) is 0 Å². The van der Waals surface area contributed by atoms with Crippen LogP contribution in [0.2, 0.25) is 0 Å². The number of allylic oxidation sites excluding steroid dienone is 2. The highest BCUT2D eigenvalue weighted by Crippen LogP contribution is 2.33. The van der Waals surface area contributed by atoms with Gasteiger partial charge in [-0.05, 0) is 51.7 Å². The van der Waals surface area contributed by atoms with E-state index in [2.05, 4.69) is 25.6 Å². The molecule has 1 heteroatoms. The van der Waals surface area contributed by atoms with Gasteiger partial charge in [0.25, 0.3) is 0 Å². The Morgan fingerprint density at radius 2 is 1.70 bits per heavy atom. The van der Waals surface area contributed by atoms with Crippen LogP contribution in [0.25, 0.3) is 27.6 Å². The van der Waals surface area contributed by atoms with E-state index >= 15 is 0 Å². The van der Waals surface area contributed by atoms with Gasteiger partial charge in [0.15, 0.2) is 0 Å². The molecule has 0 aliphatic heterocycles. The monoisotopic (exact) mass is 262 g/mol. The van der Waals surface area contributed by atoms with E-state index in [1.807, 2.05) is 30.3 Å². The lowest BCUT2D eigenvalue weighted by Crippen LogP contribution is -1.89.